The molecule has 1 aliphatic heterocycles. The third kappa shape index (κ3) is 2.31. The standard InChI is InChI=1S/C12H11ClFNO3/c1-18-12(17)8-5-10(16)15-11(8)7-4-6(14)2-3-9(7)13/h2-4,8,11H,5H2,1H3,(H,15,16). The van der Waals surface area contributed by atoms with Gasteiger partial charge in [-0.3, -0.25) is 9.59 Å². The number of amides is 1. The molecule has 2 rings (SSSR count). The second kappa shape index (κ2) is 4.94. The first-order valence-corrected chi connectivity index (χ1v) is 5.73. The highest BCUT2D eigenvalue weighted by Crippen LogP contribution is 2.35. The van der Waals surface area contributed by atoms with Gasteiger partial charge in [0, 0.05) is 11.4 Å². The third-order valence-electron chi connectivity index (χ3n) is 2.92. The Morgan fingerprint density at radius 1 is 1.56 bits per heavy atom. The van der Waals surface area contributed by atoms with Crippen LogP contribution in [0, 0.1) is 11.7 Å². The molecule has 0 aliphatic carbocycles. The molecule has 0 bridgehead atoms. The summed E-state index contributed by atoms with van der Waals surface area (Å²) in [5.74, 6) is -1.95. The van der Waals surface area contributed by atoms with Crippen molar-refractivity contribution in [3.8, 4) is 0 Å². The molecule has 1 fully saturated rings. The lowest BCUT2D eigenvalue weighted by Gasteiger charge is -2.18. The van der Waals surface area contributed by atoms with Gasteiger partial charge in [0.05, 0.1) is 19.1 Å². The van der Waals surface area contributed by atoms with Gasteiger partial charge in [-0.1, -0.05) is 11.6 Å². The number of carbonyl (C=O) groups is 2. The first-order chi connectivity index (χ1) is 8.52. The van der Waals surface area contributed by atoms with E-state index in [1.165, 1.54) is 25.3 Å². The van der Waals surface area contributed by atoms with Gasteiger partial charge in [-0.2, -0.15) is 0 Å². The average molecular weight is 272 g/mol. The number of methoxy groups -OCH3 is 1. The molecule has 0 spiro atoms. The Kier molecular flexibility index (Phi) is 3.52. The van der Waals surface area contributed by atoms with Crippen LogP contribution in [-0.4, -0.2) is 19.0 Å². The van der Waals surface area contributed by atoms with Crippen LogP contribution in [0.5, 0.6) is 0 Å². The van der Waals surface area contributed by atoms with Crippen LogP contribution in [-0.2, 0) is 14.3 Å². The quantitative estimate of drug-likeness (QED) is 0.835. The minimum Gasteiger partial charge on any atom is -0.469 e. The van der Waals surface area contributed by atoms with Crippen molar-refractivity contribution in [3.63, 3.8) is 0 Å². The maximum Gasteiger partial charge on any atom is 0.311 e. The fourth-order valence-electron chi connectivity index (χ4n) is 2.07. The molecule has 1 amide bonds. The second-order valence-corrected chi connectivity index (χ2v) is 4.45. The normalized spacial score (nSPS) is 22.7. The number of hydrogen-bond acceptors (Lipinski definition) is 3. The van der Waals surface area contributed by atoms with Crippen molar-refractivity contribution < 1.29 is 18.7 Å². The fourth-order valence-corrected chi connectivity index (χ4v) is 2.30. The smallest absolute Gasteiger partial charge is 0.311 e. The molecule has 6 heteroatoms. The predicted octanol–water partition coefficient (Wildman–Crippen LogP) is 1.83. The lowest BCUT2D eigenvalue weighted by Crippen LogP contribution is -2.25. The Bertz CT molecular complexity index is 506. The van der Waals surface area contributed by atoms with Gasteiger partial charge in [0.25, 0.3) is 0 Å². The van der Waals surface area contributed by atoms with Crippen molar-refractivity contribution in [2.45, 2.75) is 12.5 Å². The molecule has 4 nitrogen and oxygen atoms in total. The zero-order valence-electron chi connectivity index (χ0n) is 9.57. The van der Waals surface area contributed by atoms with Crippen molar-refractivity contribution in [2.75, 3.05) is 7.11 Å². The van der Waals surface area contributed by atoms with Crippen molar-refractivity contribution in [1.82, 2.24) is 5.32 Å². The minimum atomic E-state index is -0.679. The number of ether oxygens (including phenoxy) is 1. The SMILES string of the molecule is COC(=O)C1CC(=O)NC1c1cc(F)ccc1Cl. The van der Waals surface area contributed by atoms with Gasteiger partial charge in [-0.05, 0) is 23.8 Å². The van der Waals surface area contributed by atoms with Crippen LogP contribution in [0.25, 0.3) is 0 Å². The molecule has 1 saturated heterocycles. The van der Waals surface area contributed by atoms with Crippen LogP contribution in [0.15, 0.2) is 18.2 Å². The zero-order valence-corrected chi connectivity index (χ0v) is 10.3. The van der Waals surface area contributed by atoms with E-state index in [4.69, 9.17) is 11.6 Å². The maximum absolute atomic E-state index is 13.2. The average Bonchev–Trinajstić information content (AvgIpc) is 2.73. The minimum absolute atomic E-state index is 0.0180. The van der Waals surface area contributed by atoms with Crippen LogP contribution >= 0.6 is 11.6 Å². The Balaban J connectivity index is 2.38. The summed E-state index contributed by atoms with van der Waals surface area (Å²) in [6.07, 6.45) is 0.0180. The summed E-state index contributed by atoms with van der Waals surface area (Å²) in [6, 6.07) is 3.18. The van der Waals surface area contributed by atoms with Crippen molar-refractivity contribution in [1.29, 1.82) is 0 Å². The summed E-state index contributed by atoms with van der Waals surface area (Å²) in [5.41, 5.74) is 0.387. The van der Waals surface area contributed by atoms with E-state index in [1.54, 1.807) is 0 Å². The molecule has 2 atom stereocenters. The van der Waals surface area contributed by atoms with Gasteiger partial charge in [0.15, 0.2) is 0 Å². The Morgan fingerprint density at radius 3 is 2.94 bits per heavy atom. The number of hydrogen-bond donors (Lipinski definition) is 1. The van der Waals surface area contributed by atoms with Gasteiger partial charge in [-0.15, -0.1) is 0 Å². The molecule has 1 aromatic carbocycles. The van der Waals surface area contributed by atoms with E-state index >= 15 is 0 Å². The summed E-state index contributed by atoms with van der Waals surface area (Å²) in [6.45, 7) is 0. The maximum atomic E-state index is 13.2. The van der Waals surface area contributed by atoms with E-state index in [-0.39, 0.29) is 12.3 Å². The summed E-state index contributed by atoms with van der Waals surface area (Å²) < 4.78 is 17.9. The van der Waals surface area contributed by atoms with Crippen LogP contribution in [0.3, 0.4) is 0 Å². The number of esters is 1. The number of carbonyl (C=O) groups excluding carboxylic acids is 2. The van der Waals surface area contributed by atoms with E-state index in [2.05, 4.69) is 10.1 Å². The van der Waals surface area contributed by atoms with E-state index in [9.17, 15) is 14.0 Å². The lowest BCUT2D eigenvalue weighted by atomic mass is 9.94. The highest BCUT2D eigenvalue weighted by atomic mass is 35.5. The van der Waals surface area contributed by atoms with Crippen LogP contribution in [0.4, 0.5) is 4.39 Å². The van der Waals surface area contributed by atoms with Crippen molar-refractivity contribution >= 4 is 23.5 Å². The number of benzene rings is 1. The predicted molar refractivity (Wildman–Crippen MR) is 62.4 cm³/mol. The monoisotopic (exact) mass is 271 g/mol. The molecular formula is C12H11ClFNO3. The molecule has 1 aromatic rings. The Morgan fingerprint density at radius 2 is 2.28 bits per heavy atom. The van der Waals surface area contributed by atoms with E-state index in [0.29, 0.717) is 10.6 Å². The summed E-state index contributed by atoms with van der Waals surface area (Å²) in [4.78, 5) is 23.0. The molecule has 96 valence electrons. The van der Waals surface area contributed by atoms with Crippen LogP contribution < -0.4 is 5.32 Å². The van der Waals surface area contributed by atoms with E-state index in [1.807, 2.05) is 0 Å². The number of rotatable bonds is 2. The molecule has 0 saturated carbocycles. The summed E-state index contributed by atoms with van der Waals surface area (Å²) >= 11 is 5.97. The van der Waals surface area contributed by atoms with E-state index < -0.39 is 23.7 Å². The highest BCUT2D eigenvalue weighted by Gasteiger charge is 2.40. The zero-order chi connectivity index (χ0) is 13.3. The van der Waals surface area contributed by atoms with Crippen molar-refractivity contribution in [2.24, 2.45) is 5.92 Å². The van der Waals surface area contributed by atoms with Gasteiger partial charge >= 0.3 is 5.97 Å². The third-order valence-corrected chi connectivity index (χ3v) is 3.27. The molecule has 1 N–H and O–H groups in total. The summed E-state index contributed by atoms with van der Waals surface area (Å²) in [7, 11) is 1.25. The topological polar surface area (TPSA) is 55.4 Å². The van der Waals surface area contributed by atoms with Crippen LogP contribution in [0.2, 0.25) is 5.02 Å². The Labute approximate surface area is 108 Å². The highest BCUT2D eigenvalue weighted by molar-refractivity contribution is 6.31. The van der Waals surface area contributed by atoms with Gasteiger partial charge in [-0.25, -0.2) is 4.39 Å². The fraction of sp³-hybridized carbons (Fsp3) is 0.333. The Hall–Kier alpha value is -1.62. The molecule has 1 aliphatic rings. The number of halogens is 2. The number of nitrogens with one attached hydrogen (secondary N) is 1. The van der Waals surface area contributed by atoms with Crippen LogP contribution in [0.1, 0.15) is 18.0 Å². The molecule has 18 heavy (non-hydrogen) atoms. The lowest BCUT2D eigenvalue weighted by molar-refractivity contribution is -0.146. The molecule has 0 aromatic heterocycles. The van der Waals surface area contributed by atoms with Gasteiger partial charge in [0.1, 0.15) is 5.82 Å². The molecule has 2 unspecified atom stereocenters. The second-order valence-electron chi connectivity index (χ2n) is 4.04. The molecular weight excluding hydrogens is 261 g/mol. The van der Waals surface area contributed by atoms with Gasteiger partial charge < -0.3 is 10.1 Å². The molecule has 1 heterocycles. The first kappa shape index (κ1) is 12.8. The summed E-state index contributed by atoms with van der Waals surface area (Å²) in [5, 5.41) is 2.92. The van der Waals surface area contributed by atoms with E-state index in [0.717, 1.165) is 0 Å². The largest absolute Gasteiger partial charge is 0.469 e. The molecule has 0 radical (unpaired) electrons. The first-order valence-electron chi connectivity index (χ1n) is 5.35. The van der Waals surface area contributed by atoms with Crippen molar-refractivity contribution in [3.05, 3.63) is 34.6 Å². The van der Waals surface area contributed by atoms with Gasteiger partial charge in [0.2, 0.25) is 5.91 Å².